The van der Waals surface area contributed by atoms with E-state index in [4.69, 9.17) is 37.0 Å². The maximum absolute atomic E-state index is 13.1. The zero-order chi connectivity index (χ0) is 74.9. The molecule has 0 aromatic heterocycles. The van der Waals surface area contributed by atoms with Gasteiger partial charge in [0.2, 0.25) is 0 Å². The van der Waals surface area contributed by atoms with Crippen molar-refractivity contribution in [3.8, 4) is 0 Å². The highest BCUT2D eigenvalue weighted by Crippen LogP contribution is 2.45. The molecule has 0 aliphatic carbocycles. The normalized spacial score (nSPS) is 14.3. The molecule has 0 fully saturated rings. The minimum Gasteiger partial charge on any atom is -0.462 e. The van der Waals surface area contributed by atoms with Crippen LogP contribution < -0.4 is 0 Å². The first-order valence-corrected chi connectivity index (χ1v) is 45.3. The van der Waals surface area contributed by atoms with Gasteiger partial charge in [-0.1, -0.05) is 361 Å². The molecule has 17 nitrogen and oxygen atoms in total. The molecule has 0 heterocycles. The van der Waals surface area contributed by atoms with Gasteiger partial charge in [-0.05, 0) is 63.2 Å². The van der Waals surface area contributed by atoms with Crippen LogP contribution in [0.1, 0.15) is 414 Å². The molecule has 0 aliphatic rings. The molecule has 0 aliphatic heterocycles. The summed E-state index contributed by atoms with van der Waals surface area (Å²) >= 11 is 0. The minimum absolute atomic E-state index is 0.102. The molecule has 0 radical (unpaired) electrons. The van der Waals surface area contributed by atoms with Crippen molar-refractivity contribution in [2.45, 2.75) is 432 Å². The van der Waals surface area contributed by atoms with Crippen LogP contribution >= 0.6 is 15.6 Å². The second kappa shape index (κ2) is 74.0. The first kappa shape index (κ1) is 99.5. The zero-order valence-corrected chi connectivity index (χ0v) is 68.2. The fourth-order valence-corrected chi connectivity index (χ4v) is 13.9. The van der Waals surface area contributed by atoms with Gasteiger partial charge in [-0.15, -0.1) is 0 Å². The lowest BCUT2D eigenvalue weighted by Gasteiger charge is -2.21. The van der Waals surface area contributed by atoms with Crippen LogP contribution in [0.4, 0.5) is 0 Å². The highest BCUT2D eigenvalue weighted by atomic mass is 31.2. The summed E-state index contributed by atoms with van der Waals surface area (Å²) in [6.07, 6.45) is 67.3. The van der Waals surface area contributed by atoms with E-state index in [1.54, 1.807) is 0 Å². The second-order valence-electron chi connectivity index (χ2n) is 29.9. The molecule has 0 spiro atoms. The number of allylic oxidation sites excluding steroid dienone is 4. The van der Waals surface area contributed by atoms with Gasteiger partial charge in [0.05, 0.1) is 26.4 Å². The van der Waals surface area contributed by atoms with Gasteiger partial charge in [-0.25, -0.2) is 9.13 Å². The summed E-state index contributed by atoms with van der Waals surface area (Å²) in [7, 11) is -9.93. The Hall–Kier alpha value is -2.46. The maximum Gasteiger partial charge on any atom is 0.472 e. The molecule has 0 bridgehead atoms. The van der Waals surface area contributed by atoms with Crippen molar-refractivity contribution < 1.29 is 80.2 Å². The van der Waals surface area contributed by atoms with Gasteiger partial charge in [0, 0.05) is 25.7 Å². The number of ether oxygens (including phenoxy) is 4. The number of phosphoric ester groups is 2. The first-order valence-electron chi connectivity index (χ1n) is 42.3. The smallest absolute Gasteiger partial charge is 0.462 e. The third-order valence-corrected chi connectivity index (χ3v) is 21.1. The Morgan fingerprint density at radius 2 is 0.578 bits per heavy atom. The molecule has 0 amide bonds. The molecule has 0 saturated heterocycles. The van der Waals surface area contributed by atoms with Gasteiger partial charge >= 0.3 is 39.5 Å². The molecule has 3 N–H and O–H groups in total. The van der Waals surface area contributed by atoms with E-state index in [1.165, 1.54) is 212 Å². The minimum atomic E-state index is -4.97. The SMILES string of the molecule is CCCCCC/C=C\C=C/CCCCCCCC(=O)OC[C@H](COP(=O)(O)OC[C@@H](O)COP(=O)(O)OC[C@@H](COC(=O)CCCCCCCCCCCC(C)C)OC(=O)CCCCCCCCCCCCCCC)OC(=O)CCCCCCCCCCCCCCCCCCCCC(C)CC. The number of unbranched alkanes of at least 4 members (excludes halogenated alkanes) is 46. The average molecular weight is 1490 g/mol. The third-order valence-electron chi connectivity index (χ3n) is 19.2. The molecule has 0 rings (SSSR count). The van der Waals surface area contributed by atoms with Gasteiger partial charge in [-0.3, -0.25) is 37.3 Å². The highest BCUT2D eigenvalue weighted by molar-refractivity contribution is 7.47. The third kappa shape index (κ3) is 74.4. The zero-order valence-electron chi connectivity index (χ0n) is 66.4. The molecule has 19 heteroatoms. The number of hydrogen-bond acceptors (Lipinski definition) is 15. The van der Waals surface area contributed by atoms with E-state index in [-0.39, 0.29) is 25.7 Å². The van der Waals surface area contributed by atoms with Crippen LogP contribution in [0.15, 0.2) is 24.3 Å². The van der Waals surface area contributed by atoms with E-state index in [0.717, 1.165) is 121 Å². The van der Waals surface area contributed by atoms with Crippen LogP contribution in [0, 0.1) is 11.8 Å². The van der Waals surface area contributed by atoms with Crippen molar-refractivity contribution in [1.29, 1.82) is 0 Å². The summed E-state index contributed by atoms with van der Waals surface area (Å²) in [4.78, 5) is 73.1. The fourth-order valence-electron chi connectivity index (χ4n) is 12.3. The van der Waals surface area contributed by atoms with Gasteiger partial charge < -0.3 is 33.8 Å². The van der Waals surface area contributed by atoms with Crippen molar-refractivity contribution >= 4 is 39.5 Å². The van der Waals surface area contributed by atoms with E-state index in [9.17, 15) is 43.2 Å². The molecular formula is C83H158O17P2. The molecule has 3 unspecified atom stereocenters. The van der Waals surface area contributed by atoms with E-state index in [1.807, 2.05) is 0 Å². The fraction of sp³-hybridized carbons (Fsp3) is 0.904. The molecule has 0 saturated carbocycles. The lowest BCUT2D eigenvalue weighted by molar-refractivity contribution is -0.161. The lowest BCUT2D eigenvalue weighted by Crippen LogP contribution is -2.30. The Bertz CT molecular complexity index is 2060. The van der Waals surface area contributed by atoms with E-state index < -0.39 is 97.5 Å². The topological polar surface area (TPSA) is 237 Å². The quantitative estimate of drug-likeness (QED) is 0.0169. The number of phosphoric acid groups is 2. The average Bonchev–Trinajstić information content (AvgIpc) is 0.910. The summed E-state index contributed by atoms with van der Waals surface area (Å²) in [5, 5.41) is 10.6. The van der Waals surface area contributed by atoms with Crippen LogP contribution in [0.5, 0.6) is 0 Å². The molecular weight excluding hydrogens is 1330 g/mol. The first-order chi connectivity index (χ1) is 49.4. The number of rotatable bonds is 80. The number of aliphatic hydroxyl groups excluding tert-OH is 1. The van der Waals surface area contributed by atoms with Crippen molar-refractivity contribution in [3.05, 3.63) is 24.3 Å². The molecule has 0 aromatic rings. The van der Waals surface area contributed by atoms with Gasteiger partial charge in [0.15, 0.2) is 12.2 Å². The van der Waals surface area contributed by atoms with Crippen molar-refractivity contribution in [1.82, 2.24) is 0 Å². The predicted molar refractivity (Wildman–Crippen MR) is 418 cm³/mol. The van der Waals surface area contributed by atoms with Crippen molar-refractivity contribution in [3.63, 3.8) is 0 Å². The Kier molecular flexibility index (Phi) is 72.2. The summed E-state index contributed by atoms with van der Waals surface area (Å²) in [5.41, 5.74) is 0. The summed E-state index contributed by atoms with van der Waals surface area (Å²) in [5.74, 6) is -0.524. The Balaban J connectivity index is 5.26. The predicted octanol–water partition coefficient (Wildman–Crippen LogP) is 24.6. The molecule has 102 heavy (non-hydrogen) atoms. The van der Waals surface area contributed by atoms with Crippen molar-refractivity contribution in [2.75, 3.05) is 39.6 Å². The Morgan fingerprint density at radius 3 is 0.882 bits per heavy atom. The summed E-state index contributed by atoms with van der Waals surface area (Å²) in [6.45, 7) is 9.63. The van der Waals surface area contributed by atoms with Crippen LogP contribution in [0.25, 0.3) is 0 Å². The second-order valence-corrected chi connectivity index (χ2v) is 32.8. The molecule has 6 atom stereocenters. The molecule has 602 valence electrons. The maximum atomic E-state index is 13.1. The summed E-state index contributed by atoms with van der Waals surface area (Å²) < 4.78 is 68.7. The number of aliphatic hydroxyl groups is 1. The highest BCUT2D eigenvalue weighted by Gasteiger charge is 2.30. The molecule has 0 aromatic carbocycles. The van der Waals surface area contributed by atoms with E-state index in [0.29, 0.717) is 25.7 Å². The Morgan fingerprint density at radius 1 is 0.324 bits per heavy atom. The van der Waals surface area contributed by atoms with Crippen LogP contribution in [-0.2, 0) is 65.4 Å². The van der Waals surface area contributed by atoms with Gasteiger partial charge in [0.25, 0.3) is 0 Å². The number of esters is 4. The van der Waals surface area contributed by atoms with E-state index in [2.05, 4.69) is 65.8 Å². The standard InChI is InChI=1S/C83H158O17P2/c1-7-10-12-14-16-18-20-22-27-32-35-41-47-53-59-65-80(85)93-71-78(99-83(88)68-62-56-50-43-37-33-29-26-24-23-25-28-31-34-40-46-52-58-64-76(6)9-3)73-97-101(89,90)95-69-77(84)70-96-102(91,92)98-74-79(72-94-81(86)66-60-54-48-44-38-39-45-51-57-63-75(4)5)100-82(87)67-61-55-49-42-36-30-21-19-17-15-13-11-8-2/h18,20,22,27,75-79,84H,7-17,19,21,23-26,28-74H2,1-6H3,(H,89,90)(H,91,92)/b20-18-,27-22-/t76?,77-,78-,79-/m1/s1. The Labute approximate surface area is 624 Å². The number of carbonyl (C=O) groups is 4. The number of carbonyl (C=O) groups excluding carboxylic acids is 4. The number of hydrogen-bond donors (Lipinski definition) is 3. The van der Waals surface area contributed by atoms with Crippen LogP contribution in [0.3, 0.4) is 0 Å². The monoisotopic (exact) mass is 1490 g/mol. The van der Waals surface area contributed by atoms with Gasteiger partial charge in [0.1, 0.15) is 19.3 Å². The van der Waals surface area contributed by atoms with E-state index >= 15 is 0 Å². The lowest BCUT2D eigenvalue weighted by atomic mass is 9.99. The van der Waals surface area contributed by atoms with Crippen LogP contribution in [0.2, 0.25) is 0 Å². The van der Waals surface area contributed by atoms with Crippen molar-refractivity contribution in [2.24, 2.45) is 11.8 Å². The largest absolute Gasteiger partial charge is 0.472 e. The summed E-state index contributed by atoms with van der Waals surface area (Å²) in [6, 6.07) is 0. The van der Waals surface area contributed by atoms with Crippen LogP contribution in [-0.4, -0.2) is 96.7 Å². The van der Waals surface area contributed by atoms with Gasteiger partial charge in [-0.2, -0.15) is 0 Å².